The zero-order valence-corrected chi connectivity index (χ0v) is 14.7. The molecule has 0 aliphatic carbocycles. The van der Waals surface area contributed by atoms with Crippen LogP contribution in [0, 0.1) is 0 Å². The lowest BCUT2D eigenvalue weighted by atomic mass is 10.0. The van der Waals surface area contributed by atoms with Gasteiger partial charge in [0, 0.05) is 24.2 Å². The molecule has 1 aliphatic rings. The highest BCUT2D eigenvalue weighted by atomic mass is 35.5. The number of fused-ring (bicyclic) bond motifs is 1. The van der Waals surface area contributed by atoms with Crippen LogP contribution in [-0.4, -0.2) is 37.4 Å². The highest BCUT2D eigenvalue weighted by molar-refractivity contribution is 7.91. The summed E-state index contributed by atoms with van der Waals surface area (Å²) in [6.45, 7) is 3.30. The molecule has 0 N–H and O–H groups in total. The molecule has 1 fully saturated rings. The third kappa shape index (κ3) is 3.74. The van der Waals surface area contributed by atoms with Crippen molar-refractivity contribution >= 4 is 44.6 Å². The minimum absolute atomic E-state index is 0. The van der Waals surface area contributed by atoms with Crippen LogP contribution in [-0.2, 0) is 16.4 Å². The normalized spacial score (nSPS) is 21.5. The first-order valence-electron chi connectivity index (χ1n) is 7.06. The van der Waals surface area contributed by atoms with Gasteiger partial charge in [0.05, 0.1) is 11.5 Å². The zero-order chi connectivity index (χ0) is 15.0. The number of halogens is 2. The van der Waals surface area contributed by atoms with E-state index in [4.69, 9.17) is 11.6 Å². The smallest absolute Gasteiger partial charge is 0.153 e. The van der Waals surface area contributed by atoms with Crippen molar-refractivity contribution in [3.63, 3.8) is 0 Å². The number of rotatable bonds is 2. The van der Waals surface area contributed by atoms with Gasteiger partial charge >= 0.3 is 0 Å². The van der Waals surface area contributed by atoms with Crippen LogP contribution in [0.1, 0.15) is 12.5 Å². The van der Waals surface area contributed by atoms with E-state index < -0.39 is 9.84 Å². The summed E-state index contributed by atoms with van der Waals surface area (Å²) in [6.07, 6.45) is 0. The van der Waals surface area contributed by atoms with E-state index in [9.17, 15) is 8.42 Å². The Morgan fingerprint density at radius 3 is 2.73 bits per heavy atom. The second kappa shape index (κ2) is 6.75. The molecule has 1 saturated heterocycles. The minimum Gasteiger partial charge on any atom is -0.294 e. The zero-order valence-electron chi connectivity index (χ0n) is 12.3. The van der Waals surface area contributed by atoms with Crippen LogP contribution in [0.25, 0.3) is 10.8 Å². The van der Waals surface area contributed by atoms with Crippen molar-refractivity contribution in [1.82, 2.24) is 4.90 Å². The van der Waals surface area contributed by atoms with Gasteiger partial charge in [-0.2, -0.15) is 0 Å². The van der Waals surface area contributed by atoms with E-state index in [1.165, 1.54) is 5.39 Å². The van der Waals surface area contributed by atoms with Crippen LogP contribution in [0.2, 0.25) is 5.02 Å². The maximum absolute atomic E-state index is 11.7. The summed E-state index contributed by atoms with van der Waals surface area (Å²) >= 11 is 6.21. The first-order chi connectivity index (χ1) is 9.94. The number of benzene rings is 2. The summed E-state index contributed by atoms with van der Waals surface area (Å²) in [6, 6.07) is 12.1. The van der Waals surface area contributed by atoms with Gasteiger partial charge in [-0.15, -0.1) is 12.4 Å². The third-order valence-corrected chi connectivity index (χ3v) is 6.11. The topological polar surface area (TPSA) is 37.4 Å². The van der Waals surface area contributed by atoms with Crippen molar-refractivity contribution < 1.29 is 8.42 Å². The van der Waals surface area contributed by atoms with E-state index in [2.05, 4.69) is 17.0 Å². The fourth-order valence-corrected chi connectivity index (χ4v) is 4.84. The molecule has 22 heavy (non-hydrogen) atoms. The van der Waals surface area contributed by atoms with Gasteiger partial charge in [-0.1, -0.05) is 35.9 Å². The molecule has 0 aromatic heterocycles. The van der Waals surface area contributed by atoms with Crippen molar-refractivity contribution in [1.29, 1.82) is 0 Å². The molecule has 2 aromatic carbocycles. The predicted octanol–water partition coefficient (Wildman–Crippen LogP) is 3.53. The Bertz CT molecular complexity index is 777. The number of sulfone groups is 1. The number of nitrogens with zero attached hydrogens (tertiary/aromatic N) is 1. The van der Waals surface area contributed by atoms with E-state index in [0.29, 0.717) is 6.54 Å². The van der Waals surface area contributed by atoms with Gasteiger partial charge in [-0.3, -0.25) is 4.90 Å². The Morgan fingerprint density at radius 2 is 2.00 bits per heavy atom. The Kier molecular flexibility index (Phi) is 5.38. The molecule has 6 heteroatoms. The Morgan fingerprint density at radius 1 is 1.27 bits per heavy atom. The van der Waals surface area contributed by atoms with Crippen molar-refractivity contribution in [2.45, 2.75) is 19.5 Å². The maximum Gasteiger partial charge on any atom is 0.153 e. The molecule has 0 saturated carbocycles. The SMILES string of the molecule is CC1CS(=O)(=O)CCN1Cc1cc(Cl)cc2ccccc12.Cl. The molecule has 3 rings (SSSR count). The van der Waals surface area contributed by atoms with Crippen molar-refractivity contribution in [3.8, 4) is 0 Å². The quantitative estimate of drug-likeness (QED) is 0.822. The highest BCUT2D eigenvalue weighted by Crippen LogP contribution is 2.26. The fraction of sp³-hybridized carbons (Fsp3) is 0.375. The second-order valence-corrected chi connectivity index (χ2v) is 8.39. The molecule has 0 amide bonds. The summed E-state index contributed by atoms with van der Waals surface area (Å²) in [4.78, 5) is 2.22. The number of hydrogen-bond donors (Lipinski definition) is 0. The summed E-state index contributed by atoms with van der Waals surface area (Å²) in [5, 5.41) is 3.03. The molecular weight excluding hydrogens is 341 g/mol. The Balaban J connectivity index is 0.00000176. The number of hydrogen-bond acceptors (Lipinski definition) is 3. The average Bonchev–Trinajstić information content (AvgIpc) is 2.41. The van der Waals surface area contributed by atoms with Gasteiger partial charge in [-0.25, -0.2) is 8.42 Å². The summed E-state index contributed by atoms with van der Waals surface area (Å²) in [5.74, 6) is 0.487. The Labute approximate surface area is 142 Å². The lowest BCUT2D eigenvalue weighted by molar-refractivity contribution is 0.219. The van der Waals surface area contributed by atoms with Gasteiger partial charge in [0.1, 0.15) is 0 Å². The molecule has 0 bridgehead atoms. The van der Waals surface area contributed by atoms with Gasteiger partial charge in [0.2, 0.25) is 0 Å². The molecule has 0 spiro atoms. The van der Waals surface area contributed by atoms with E-state index >= 15 is 0 Å². The van der Waals surface area contributed by atoms with Gasteiger partial charge in [-0.05, 0) is 35.4 Å². The van der Waals surface area contributed by atoms with Crippen LogP contribution in [0.4, 0.5) is 0 Å². The van der Waals surface area contributed by atoms with Gasteiger partial charge in [0.25, 0.3) is 0 Å². The molecule has 2 aromatic rings. The average molecular weight is 360 g/mol. The van der Waals surface area contributed by atoms with E-state index in [1.807, 2.05) is 31.2 Å². The Hall–Kier alpha value is -0.810. The van der Waals surface area contributed by atoms with Crippen LogP contribution in [0.5, 0.6) is 0 Å². The van der Waals surface area contributed by atoms with Gasteiger partial charge in [0.15, 0.2) is 9.84 Å². The lowest BCUT2D eigenvalue weighted by Crippen LogP contribution is -2.46. The largest absolute Gasteiger partial charge is 0.294 e. The molecule has 1 aliphatic heterocycles. The van der Waals surface area contributed by atoms with E-state index in [-0.39, 0.29) is 30.0 Å². The monoisotopic (exact) mass is 359 g/mol. The first kappa shape index (κ1) is 17.5. The fourth-order valence-electron chi connectivity index (χ4n) is 2.97. The molecule has 1 heterocycles. The summed E-state index contributed by atoms with van der Waals surface area (Å²) in [5.41, 5.74) is 1.16. The molecule has 1 atom stereocenters. The van der Waals surface area contributed by atoms with Gasteiger partial charge < -0.3 is 0 Å². The molecule has 1 unspecified atom stereocenters. The first-order valence-corrected chi connectivity index (χ1v) is 9.26. The standard InChI is InChI=1S/C16H18ClNO2S.ClH/c1-12-11-21(19,20)7-6-18(12)10-14-9-15(17)8-13-4-2-3-5-16(13)14;/h2-5,8-9,12H,6-7,10-11H2,1H3;1H. The van der Waals surface area contributed by atoms with E-state index in [0.717, 1.165) is 22.5 Å². The highest BCUT2D eigenvalue weighted by Gasteiger charge is 2.28. The van der Waals surface area contributed by atoms with Crippen LogP contribution in [0.15, 0.2) is 36.4 Å². The molecular formula is C16H19Cl2NO2S. The predicted molar refractivity (Wildman–Crippen MR) is 94.7 cm³/mol. The van der Waals surface area contributed by atoms with Crippen LogP contribution < -0.4 is 0 Å². The second-order valence-electron chi connectivity index (χ2n) is 5.72. The lowest BCUT2D eigenvalue weighted by Gasteiger charge is -2.33. The maximum atomic E-state index is 11.7. The van der Waals surface area contributed by atoms with Crippen molar-refractivity contribution in [3.05, 3.63) is 47.0 Å². The van der Waals surface area contributed by atoms with Crippen molar-refractivity contribution in [2.75, 3.05) is 18.1 Å². The molecule has 0 radical (unpaired) electrons. The van der Waals surface area contributed by atoms with Crippen LogP contribution >= 0.6 is 24.0 Å². The molecule has 120 valence electrons. The van der Waals surface area contributed by atoms with Crippen LogP contribution in [0.3, 0.4) is 0 Å². The summed E-state index contributed by atoms with van der Waals surface area (Å²) in [7, 11) is -2.88. The molecule has 3 nitrogen and oxygen atoms in total. The summed E-state index contributed by atoms with van der Waals surface area (Å²) < 4.78 is 23.4. The third-order valence-electron chi connectivity index (χ3n) is 4.09. The van der Waals surface area contributed by atoms with E-state index in [1.54, 1.807) is 0 Å². The van der Waals surface area contributed by atoms with Crippen molar-refractivity contribution in [2.24, 2.45) is 0 Å². The minimum atomic E-state index is -2.88.